The summed E-state index contributed by atoms with van der Waals surface area (Å²) in [5.74, 6) is -0.452. The molecule has 1 aromatic carbocycles. The molecule has 1 aliphatic heterocycles. The van der Waals surface area contributed by atoms with Gasteiger partial charge in [0.05, 0.1) is 26.4 Å². The van der Waals surface area contributed by atoms with Crippen LogP contribution in [-0.4, -0.2) is 68.8 Å². The van der Waals surface area contributed by atoms with Crippen molar-refractivity contribution in [2.24, 2.45) is 5.73 Å². The van der Waals surface area contributed by atoms with E-state index in [1.165, 1.54) is 13.2 Å². The highest BCUT2D eigenvalue weighted by atomic mass is 19.1. The van der Waals surface area contributed by atoms with Crippen LogP contribution in [0.5, 0.6) is 5.75 Å². The van der Waals surface area contributed by atoms with Crippen LogP contribution in [0.3, 0.4) is 0 Å². The number of hydrogen-bond acceptors (Lipinski definition) is 5. The minimum atomic E-state index is -0.353. The number of carbonyl (C=O) groups excluding carboxylic acids is 1. The number of rotatable bonds is 7. The van der Waals surface area contributed by atoms with Crippen LogP contribution >= 0.6 is 0 Å². The number of benzene rings is 1. The van der Waals surface area contributed by atoms with E-state index in [1.807, 2.05) is 18.0 Å². The van der Waals surface area contributed by atoms with Gasteiger partial charge in [-0.05, 0) is 24.7 Å². The number of amides is 1. The quantitative estimate of drug-likeness (QED) is 0.788. The molecule has 1 atom stereocenters. The van der Waals surface area contributed by atoms with Crippen molar-refractivity contribution in [2.75, 3.05) is 46.9 Å². The third-order valence-corrected chi connectivity index (χ3v) is 3.79. The predicted molar refractivity (Wildman–Crippen MR) is 84.7 cm³/mol. The Balaban J connectivity index is 1.88. The van der Waals surface area contributed by atoms with Crippen molar-refractivity contribution in [1.29, 1.82) is 0 Å². The van der Waals surface area contributed by atoms with Gasteiger partial charge in [-0.25, -0.2) is 4.39 Å². The third kappa shape index (κ3) is 5.46. The molecule has 6 nitrogen and oxygen atoms in total. The average Bonchev–Trinajstić information content (AvgIpc) is 2.47. The van der Waals surface area contributed by atoms with Crippen molar-refractivity contribution in [3.8, 4) is 5.75 Å². The van der Waals surface area contributed by atoms with E-state index < -0.39 is 0 Å². The van der Waals surface area contributed by atoms with Crippen LogP contribution in [0.1, 0.15) is 5.56 Å². The van der Waals surface area contributed by atoms with Gasteiger partial charge < -0.3 is 15.2 Å². The minimum absolute atomic E-state index is 0.0104. The Bertz CT molecular complexity index is 541. The van der Waals surface area contributed by atoms with Gasteiger partial charge in [0, 0.05) is 26.2 Å². The topological polar surface area (TPSA) is 68.0 Å². The Labute approximate surface area is 135 Å². The predicted octanol–water partition coefficient (Wildman–Crippen LogP) is 0.452. The van der Waals surface area contributed by atoms with Crippen LogP contribution < -0.4 is 10.5 Å². The molecule has 0 spiro atoms. The second kappa shape index (κ2) is 8.24. The van der Waals surface area contributed by atoms with Gasteiger partial charge >= 0.3 is 0 Å². The molecule has 128 valence electrons. The van der Waals surface area contributed by atoms with Crippen molar-refractivity contribution in [3.05, 3.63) is 29.6 Å². The zero-order valence-corrected chi connectivity index (χ0v) is 13.6. The zero-order valence-electron chi connectivity index (χ0n) is 13.6. The van der Waals surface area contributed by atoms with Gasteiger partial charge in [0.2, 0.25) is 5.91 Å². The second-order valence-corrected chi connectivity index (χ2v) is 5.86. The fourth-order valence-electron chi connectivity index (χ4n) is 2.78. The number of morpholine rings is 1. The van der Waals surface area contributed by atoms with Crippen molar-refractivity contribution < 1.29 is 18.7 Å². The fraction of sp³-hybridized carbons (Fsp3) is 0.562. The number of halogens is 1. The van der Waals surface area contributed by atoms with E-state index in [-0.39, 0.29) is 30.1 Å². The molecule has 1 amide bonds. The van der Waals surface area contributed by atoms with Gasteiger partial charge in [0.15, 0.2) is 11.6 Å². The average molecular weight is 325 g/mol. The number of nitrogens with two attached hydrogens (primary N) is 1. The maximum Gasteiger partial charge on any atom is 0.231 e. The second-order valence-electron chi connectivity index (χ2n) is 5.86. The Hall–Kier alpha value is -1.70. The van der Waals surface area contributed by atoms with Crippen molar-refractivity contribution in [3.63, 3.8) is 0 Å². The summed E-state index contributed by atoms with van der Waals surface area (Å²) in [6.07, 6.45) is 0.0104. The Kier molecular flexibility index (Phi) is 6.32. The smallest absolute Gasteiger partial charge is 0.231 e. The molecule has 1 aliphatic rings. The maximum absolute atomic E-state index is 13.8. The molecule has 0 aromatic heterocycles. The first kappa shape index (κ1) is 17.7. The zero-order chi connectivity index (χ0) is 16.8. The van der Waals surface area contributed by atoms with Gasteiger partial charge in [-0.3, -0.25) is 14.6 Å². The maximum atomic E-state index is 13.8. The van der Waals surface area contributed by atoms with Crippen LogP contribution in [0.15, 0.2) is 18.2 Å². The molecule has 0 radical (unpaired) electrons. The first-order chi connectivity index (χ1) is 11.0. The highest BCUT2D eigenvalue weighted by Crippen LogP contribution is 2.19. The summed E-state index contributed by atoms with van der Waals surface area (Å²) in [7, 11) is 3.29. The molecule has 1 aromatic rings. The summed E-state index contributed by atoms with van der Waals surface area (Å²) in [4.78, 5) is 15.0. The number of hydrogen-bond donors (Lipinski definition) is 1. The lowest BCUT2D eigenvalue weighted by atomic mass is 10.1. The Morgan fingerprint density at radius 3 is 3.00 bits per heavy atom. The van der Waals surface area contributed by atoms with E-state index in [9.17, 15) is 9.18 Å². The molecule has 23 heavy (non-hydrogen) atoms. The van der Waals surface area contributed by atoms with Crippen LogP contribution in [0, 0.1) is 5.82 Å². The van der Waals surface area contributed by atoms with Crippen LogP contribution in [-0.2, 0) is 16.1 Å². The van der Waals surface area contributed by atoms with Crippen molar-refractivity contribution >= 4 is 5.91 Å². The first-order valence-corrected chi connectivity index (χ1v) is 7.61. The van der Waals surface area contributed by atoms with E-state index in [0.717, 1.165) is 18.7 Å². The number of ether oxygens (including phenoxy) is 2. The largest absolute Gasteiger partial charge is 0.494 e. The molecule has 1 saturated heterocycles. The standard InChI is InChI=1S/C16H24FN3O3/c1-19(11-16(18)21)9-13-10-20(5-6-23-13)8-12-3-4-15(22-2)14(17)7-12/h3-4,7,13H,5-6,8-11H2,1-2H3,(H2,18,21)/t13-/m0/s1. The van der Waals surface area contributed by atoms with E-state index in [1.54, 1.807) is 6.07 Å². The molecule has 0 saturated carbocycles. The third-order valence-electron chi connectivity index (χ3n) is 3.79. The summed E-state index contributed by atoms with van der Waals surface area (Å²) in [6, 6.07) is 5.01. The molecule has 0 bridgehead atoms. The lowest BCUT2D eigenvalue weighted by Crippen LogP contribution is -2.47. The summed E-state index contributed by atoms with van der Waals surface area (Å²) >= 11 is 0. The number of primary amides is 1. The Morgan fingerprint density at radius 1 is 1.57 bits per heavy atom. The van der Waals surface area contributed by atoms with Gasteiger partial charge in [-0.15, -0.1) is 0 Å². The SMILES string of the molecule is COc1ccc(CN2CCO[C@@H](CN(C)CC(N)=O)C2)cc1F. The normalized spacial score (nSPS) is 19.0. The highest BCUT2D eigenvalue weighted by Gasteiger charge is 2.22. The van der Waals surface area contributed by atoms with Gasteiger partial charge in [-0.1, -0.05) is 6.07 Å². The molecular formula is C16H24FN3O3. The lowest BCUT2D eigenvalue weighted by Gasteiger charge is -2.34. The van der Waals surface area contributed by atoms with Gasteiger partial charge in [-0.2, -0.15) is 0 Å². The molecule has 2 N–H and O–H groups in total. The number of carbonyl (C=O) groups is 1. The van der Waals surface area contributed by atoms with Crippen molar-refractivity contribution in [1.82, 2.24) is 9.80 Å². The van der Waals surface area contributed by atoms with Crippen LogP contribution in [0.4, 0.5) is 4.39 Å². The molecule has 1 fully saturated rings. The van der Waals surface area contributed by atoms with E-state index in [4.69, 9.17) is 15.2 Å². The molecule has 1 heterocycles. The lowest BCUT2D eigenvalue weighted by molar-refractivity contribution is -0.119. The number of nitrogens with zero attached hydrogens (tertiary/aromatic N) is 2. The Morgan fingerprint density at radius 2 is 2.35 bits per heavy atom. The van der Waals surface area contributed by atoms with E-state index in [2.05, 4.69) is 4.90 Å². The molecular weight excluding hydrogens is 301 g/mol. The van der Waals surface area contributed by atoms with Crippen molar-refractivity contribution in [2.45, 2.75) is 12.6 Å². The summed E-state index contributed by atoms with van der Waals surface area (Å²) < 4.78 is 24.4. The molecule has 0 aliphatic carbocycles. The summed E-state index contributed by atoms with van der Waals surface area (Å²) in [6.45, 7) is 3.65. The van der Waals surface area contributed by atoms with E-state index in [0.29, 0.717) is 19.7 Å². The molecule has 7 heteroatoms. The van der Waals surface area contributed by atoms with Crippen LogP contribution in [0.25, 0.3) is 0 Å². The summed E-state index contributed by atoms with van der Waals surface area (Å²) in [5, 5.41) is 0. The monoisotopic (exact) mass is 325 g/mol. The first-order valence-electron chi connectivity index (χ1n) is 7.61. The van der Waals surface area contributed by atoms with E-state index >= 15 is 0 Å². The molecule has 0 unspecified atom stereocenters. The summed E-state index contributed by atoms with van der Waals surface area (Å²) in [5.41, 5.74) is 6.09. The van der Waals surface area contributed by atoms with Crippen LogP contribution in [0.2, 0.25) is 0 Å². The molecule has 2 rings (SSSR count). The van der Waals surface area contributed by atoms with Gasteiger partial charge in [0.25, 0.3) is 0 Å². The number of methoxy groups -OCH3 is 1. The number of likely N-dealkylation sites (N-methyl/N-ethyl adjacent to an activating group) is 1. The highest BCUT2D eigenvalue weighted by molar-refractivity contribution is 5.75. The fourth-order valence-corrected chi connectivity index (χ4v) is 2.78. The van der Waals surface area contributed by atoms with Gasteiger partial charge in [0.1, 0.15) is 0 Å². The minimum Gasteiger partial charge on any atom is -0.494 e.